The Hall–Kier alpha value is -3.62. The largest absolute Gasteiger partial charge is 0.489 e. The molecule has 4 rings (SSSR count). The summed E-state index contributed by atoms with van der Waals surface area (Å²) in [6.07, 6.45) is -4.01. The molecule has 0 atom stereocenters. The summed E-state index contributed by atoms with van der Waals surface area (Å²) < 4.78 is 57.5. The number of halogens is 4. The molecule has 0 aliphatic rings. The molecule has 154 valence electrons. The molecular weight excluding hydrogens is 402 g/mol. The zero-order valence-electron chi connectivity index (χ0n) is 15.4. The van der Waals surface area contributed by atoms with E-state index in [9.17, 15) is 22.4 Å². The number of aromatic nitrogens is 3. The molecule has 1 N–H and O–H groups in total. The van der Waals surface area contributed by atoms with Gasteiger partial charge >= 0.3 is 6.18 Å². The fourth-order valence-corrected chi connectivity index (χ4v) is 2.99. The highest BCUT2D eigenvalue weighted by atomic mass is 19.4. The molecule has 0 saturated heterocycles. The van der Waals surface area contributed by atoms with Crippen molar-refractivity contribution in [3.05, 3.63) is 88.4 Å². The van der Waals surface area contributed by atoms with Crippen LogP contribution in [0.2, 0.25) is 0 Å². The van der Waals surface area contributed by atoms with Crippen LogP contribution in [0.4, 0.5) is 17.6 Å². The predicted molar refractivity (Wildman–Crippen MR) is 102 cm³/mol. The lowest BCUT2D eigenvalue weighted by Gasteiger charge is -2.09. The Morgan fingerprint density at radius 2 is 1.80 bits per heavy atom. The lowest BCUT2D eigenvalue weighted by Crippen LogP contribution is -2.16. The minimum Gasteiger partial charge on any atom is -0.489 e. The molecule has 0 fully saturated rings. The van der Waals surface area contributed by atoms with Crippen LogP contribution in [0.3, 0.4) is 0 Å². The quantitative estimate of drug-likeness (QED) is 0.485. The maximum absolute atomic E-state index is 12.9. The number of benzene rings is 2. The van der Waals surface area contributed by atoms with Gasteiger partial charge in [-0.1, -0.05) is 12.1 Å². The normalized spacial score (nSPS) is 11.7. The van der Waals surface area contributed by atoms with Gasteiger partial charge in [0, 0.05) is 12.3 Å². The molecule has 9 heteroatoms. The second-order valence-electron chi connectivity index (χ2n) is 6.66. The number of H-pyrrole nitrogens is 1. The summed E-state index contributed by atoms with van der Waals surface area (Å²) in [5.74, 6) is -0.191. The number of nitrogens with zero attached hydrogens (tertiary/aromatic N) is 2. The first kappa shape index (κ1) is 19.7. The molecule has 0 radical (unpaired) electrons. The van der Waals surface area contributed by atoms with Crippen LogP contribution in [0.1, 0.15) is 11.4 Å². The van der Waals surface area contributed by atoms with Crippen molar-refractivity contribution in [2.24, 2.45) is 0 Å². The Bertz CT molecular complexity index is 1240. The van der Waals surface area contributed by atoms with Crippen LogP contribution in [0.5, 0.6) is 5.75 Å². The molecule has 0 saturated carbocycles. The lowest BCUT2D eigenvalue weighted by atomic mass is 10.2. The first-order valence-electron chi connectivity index (χ1n) is 8.92. The molecule has 4 aromatic rings. The molecular formula is C21H15F4N3O2. The Morgan fingerprint density at radius 1 is 1.03 bits per heavy atom. The smallest absolute Gasteiger partial charge is 0.396 e. The summed E-state index contributed by atoms with van der Waals surface area (Å²) in [6, 6.07) is 13.4. The minimum absolute atomic E-state index is 0.172. The molecule has 2 heterocycles. The molecule has 0 unspecified atom stereocenters. The van der Waals surface area contributed by atoms with Crippen molar-refractivity contribution in [3.63, 3.8) is 0 Å². The molecule has 0 bridgehead atoms. The lowest BCUT2D eigenvalue weighted by molar-refractivity contribution is -0.128. The number of nitrogens with one attached hydrogen (secondary N) is 1. The predicted octanol–water partition coefficient (Wildman–Crippen LogP) is 4.54. The summed E-state index contributed by atoms with van der Waals surface area (Å²) in [5.41, 5.74) is 1.63. The average molecular weight is 417 g/mol. The van der Waals surface area contributed by atoms with Gasteiger partial charge in [0.25, 0.3) is 5.56 Å². The van der Waals surface area contributed by atoms with Crippen molar-refractivity contribution in [2.45, 2.75) is 19.2 Å². The molecule has 2 aromatic heterocycles. The Morgan fingerprint density at radius 3 is 2.50 bits per heavy atom. The topological polar surface area (TPSA) is 59.9 Å². The number of hydrogen-bond donors (Lipinski definition) is 1. The second kappa shape index (κ2) is 7.66. The van der Waals surface area contributed by atoms with E-state index in [2.05, 4.69) is 9.97 Å². The first-order chi connectivity index (χ1) is 14.3. The number of hydrogen-bond acceptors (Lipinski definition) is 3. The van der Waals surface area contributed by atoms with Crippen LogP contribution < -0.4 is 10.3 Å². The Labute approximate surface area is 167 Å². The molecule has 0 aliphatic carbocycles. The first-order valence-corrected chi connectivity index (χ1v) is 8.92. The minimum atomic E-state index is -4.36. The fraction of sp³-hybridized carbons (Fsp3) is 0.143. The molecule has 5 nitrogen and oxygen atoms in total. The SMILES string of the molecule is O=c1cc(OCc2ccc(F)cc2)ccn1-c1ccc2nc(CC(F)(F)F)[nH]c2c1. The van der Waals surface area contributed by atoms with Gasteiger partial charge in [-0.05, 0) is 42.0 Å². The molecule has 2 aromatic carbocycles. The number of aromatic amines is 1. The average Bonchev–Trinajstić information content (AvgIpc) is 3.07. The highest BCUT2D eigenvalue weighted by Crippen LogP contribution is 2.23. The highest BCUT2D eigenvalue weighted by Gasteiger charge is 2.29. The maximum atomic E-state index is 12.9. The molecule has 0 aliphatic heterocycles. The van der Waals surface area contributed by atoms with Gasteiger partial charge in [-0.2, -0.15) is 13.2 Å². The van der Waals surface area contributed by atoms with Crippen molar-refractivity contribution in [1.29, 1.82) is 0 Å². The third kappa shape index (κ3) is 4.51. The van der Waals surface area contributed by atoms with Crippen molar-refractivity contribution in [1.82, 2.24) is 14.5 Å². The standard InChI is InChI=1S/C21H15F4N3O2/c22-14-3-1-13(2-4-14)12-30-16-7-8-28(20(29)10-16)15-5-6-17-18(9-15)27-19(26-17)11-21(23,24)25/h1-10H,11-12H2,(H,26,27). The van der Waals surface area contributed by atoms with E-state index in [1.165, 1.54) is 29.0 Å². The molecule has 0 amide bonds. The van der Waals surface area contributed by atoms with Crippen molar-refractivity contribution in [2.75, 3.05) is 0 Å². The third-order valence-electron chi connectivity index (χ3n) is 4.37. The summed E-state index contributed by atoms with van der Waals surface area (Å²) in [4.78, 5) is 19.0. The number of rotatable bonds is 5. The molecule has 30 heavy (non-hydrogen) atoms. The van der Waals surface area contributed by atoms with E-state index in [-0.39, 0.29) is 23.8 Å². The van der Waals surface area contributed by atoms with Gasteiger partial charge in [-0.25, -0.2) is 9.37 Å². The van der Waals surface area contributed by atoms with Gasteiger partial charge < -0.3 is 9.72 Å². The van der Waals surface area contributed by atoms with Crippen molar-refractivity contribution in [3.8, 4) is 11.4 Å². The zero-order valence-corrected chi connectivity index (χ0v) is 15.4. The van der Waals surface area contributed by atoms with Crippen LogP contribution in [0, 0.1) is 5.82 Å². The third-order valence-corrected chi connectivity index (χ3v) is 4.37. The number of ether oxygens (including phenoxy) is 1. The van der Waals surface area contributed by atoms with Gasteiger partial charge in [0.15, 0.2) is 0 Å². The van der Waals surface area contributed by atoms with E-state index in [1.54, 1.807) is 36.4 Å². The van der Waals surface area contributed by atoms with Crippen LogP contribution in [-0.2, 0) is 13.0 Å². The van der Waals surface area contributed by atoms with E-state index in [0.29, 0.717) is 22.5 Å². The van der Waals surface area contributed by atoms with Crippen molar-refractivity contribution < 1.29 is 22.3 Å². The monoisotopic (exact) mass is 417 g/mol. The maximum Gasteiger partial charge on any atom is 0.396 e. The Kier molecular flexibility index (Phi) is 5.03. The van der Waals surface area contributed by atoms with E-state index >= 15 is 0 Å². The summed E-state index contributed by atoms with van der Waals surface area (Å²) in [5, 5.41) is 0. The second-order valence-corrected chi connectivity index (χ2v) is 6.66. The van der Waals surface area contributed by atoms with Gasteiger partial charge in [0.05, 0.1) is 16.7 Å². The van der Waals surface area contributed by atoms with Gasteiger partial charge in [-0.3, -0.25) is 9.36 Å². The zero-order chi connectivity index (χ0) is 21.3. The van der Waals surface area contributed by atoms with Crippen LogP contribution in [0.15, 0.2) is 65.6 Å². The van der Waals surface area contributed by atoms with Crippen LogP contribution in [0.25, 0.3) is 16.7 Å². The van der Waals surface area contributed by atoms with E-state index in [1.807, 2.05) is 0 Å². The van der Waals surface area contributed by atoms with Gasteiger partial charge in [-0.15, -0.1) is 0 Å². The van der Waals surface area contributed by atoms with Crippen LogP contribution >= 0.6 is 0 Å². The number of alkyl halides is 3. The number of pyridine rings is 1. The van der Waals surface area contributed by atoms with Gasteiger partial charge in [0.2, 0.25) is 0 Å². The fourth-order valence-electron chi connectivity index (χ4n) is 2.99. The van der Waals surface area contributed by atoms with E-state index in [0.717, 1.165) is 5.56 Å². The van der Waals surface area contributed by atoms with Crippen LogP contribution in [-0.4, -0.2) is 20.7 Å². The number of fused-ring (bicyclic) bond motifs is 1. The van der Waals surface area contributed by atoms with Crippen molar-refractivity contribution >= 4 is 11.0 Å². The van der Waals surface area contributed by atoms with E-state index in [4.69, 9.17) is 4.74 Å². The summed E-state index contributed by atoms with van der Waals surface area (Å²) >= 11 is 0. The summed E-state index contributed by atoms with van der Waals surface area (Å²) in [7, 11) is 0. The Balaban J connectivity index is 1.54. The van der Waals surface area contributed by atoms with Gasteiger partial charge in [0.1, 0.15) is 30.4 Å². The summed E-state index contributed by atoms with van der Waals surface area (Å²) in [6.45, 7) is 0.172. The number of imidazole rings is 1. The molecule has 0 spiro atoms. The van der Waals surface area contributed by atoms with E-state index < -0.39 is 12.6 Å². The highest BCUT2D eigenvalue weighted by molar-refractivity contribution is 5.77.